The lowest BCUT2D eigenvalue weighted by Crippen LogP contribution is -2.14. The van der Waals surface area contributed by atoms with Crippen LogP contribution >= 0.6 is 0 Å². The lowest BCUT2D eigenvalue weighted by molar-refractivity contribution is 0.0693. The minimum absolute atomic E-state index is 0.143. The minimum Gasteiger partial charge on any atom is -0.496 e. The molecule has 5 nitrogen and oxygen atoms in total. The highest BCUT2D eigenvalue weighted by Crippen LogP contribution is 2.22. The summed E-state index contributed by atoms with van der Waals surface area (Å²) in [6.45, 7) is 0. The second-order valence-electron chi connectivity index (χ2n) is 3.12. The van der Waals surface area contributed by atoms with E-state index in [1.807, 2.05) is 0 Å². The zero-order valence-corrected chi connectivity index (χ0v) is 8.39. The van der Waals surface area contributed by atoms with E-state index in [9.17, 15) is 9.59 Å². The number of ether oxygens (including phenoxy) is 1. The van der Waals surface area contributed by atoms with Crippen molar-refractivity contribution in [3.05, 3.63) is 40.2 Å². The Bertz CT molecular complexity index is 611. The summed E-state index contributed by atoms with van der Waals surface area (Å²) >= 11 is 0. The third-order valence-corrected chi connectivity index (χ3v) is 2.21. The Balaban J connectivity index is 2.92. The van der Waals surface area contributed by atoms with Gasteiger partial charge in [0.05, 0.1) is 7.11 Å². The summed E-state index contributed by atoms with van der Waals surface area (Å²) in [6, 6.07) is 4.81. The number of aromatic carboxylic acids is 1. The van der Waals surface area contributed by atoms with Crippen LogP contribution in [0.3, 0.4) is 0 Å². The lowest BCUT2D eigenvalue weighted by Gasteiger charge is -2.03. The van der Waals surface area contributed by atoms with Crippen LogP contribution in [0.5, 0.6) is 5.75 Å². The normalized spacial score (nSPS) is 10.3. The highest BCUT2D eigenvalue weighted by molar-refractivity contribution is 5.93. The summed E-state index contributed by atoms with van der Waals surface area (Å²) in [7, 11) is 1.40. The van der Waals surface area contributed by atoms with Crippen LogP contribution in [0.4, 0.5) is 0 Å². The molecule has 0 aliphatic rings. The number of carbonyl (C=O) groups is 1. The average Bonchev–Trinajstić information content (AvgIpc) is 2.28. The largest absolute Gasteiger partial charge is 0.496 e. The zero-order chi connectivity index (χ0) is 11.7. The summed E-state index contributed by atoms with van der Waals surface area (Å²) in [5, 5.41) is 8.93. The molecule has 0 atom stereocenters. The summed E-state index contributed by atoms with van der Waals surface area (Å²) < 4.78 is 10.1. The van der Waals surface area contributed by atoms with E-state index in [-0.39, 0.29) is 5.39 Å². The first-order chi connectivity index (χ1) is 7.65. The molecular formula is C11H8O5. The van der Waals surface area contributed by atoms with Crippen molar-refractivity contribution < 1.29 is 19.1 Å². The van der Waals surface area contributed by atoms with Crippen molar-refractivity contribution in [2.45, 2.75) is 0 Å². The van der Waals surface area contributed by atoms with Crippen LogP contribution in [0, 0.1) is 0 Å². The van der Waals surface area contributed by atoms with Crippen LogP contribution in [0.2, 0.25) is 0 Å². The van der Waals surface area contributed by atoms with Crippen molar-refractivity contribution in [1.82, 2.24) is 0 Å². The van der Waals surface area contributed by atoms with Gasteiger partial charge < -0.3 is 14.3 Å². The molecule has 0 saturated carbocycles. The molecule has 0 bridgehead atoms. The molecule has 0 unspecified atom stereocenters. The predicted molar refractivity (Wildman–Crippen MR) is 56.0 cm³/mol. The molecule has 0 spiro atoms. The second-order valence-corrected chi connectivity index (χ2v) is 3.12. The first-order valence-corrected chi connectivity index (χ1v) is 4.47. The van der Waals surface area contributed by atoms with E-state index in [4.69, 9.17) is 14.3 Å². The van der Waals surface area contributed by atoms with Gasteiger partial charge in [0.25, 0.3) is 0 Å². The SMILES string of the molecule is COc1cccc2occ(C(=O)O)c(=O)c12. The summed E-state index contributed by atoms with van der Waals surface area (Å²) in [6.07, 6.45) is 0.937. The fraction of sp³-hybridized carbons (Fsp3) is 0.0909. The van der Waals surface area contributed by atoms with Gasteiger partial charge >= 0.3 is 5.97 Å². The van der Waals surface area contributed by atoms with Crippen LogP contribution in [0.25, 0.3) is 11.0 Å². The predicted octanol–water partition coefficient (Wildman–Crippen LogP) is 1.50. The quantitative estimate of drug-likeness (QED) is 0.829. The van der Waals surface area contributed by atoms with Crippen molar-refractivity contribution >= 4 is 16.9 Å². The molecule has 0 radical (unpaired) electrons. The Labute approximate surface area is 89.9 Å². The number of hydrogen-bond donors (Lipinski definition) is 1. The van der Waals surface area contributed by atoms with E-state index < -0.39 is 17.0 Å². The van der Waals surface area contributed by atoms with Crippen molar-refractivity contribution in [2.75, 3.05) is 7.11 Å². The number of benzene rings is 1. The Hall–Kier alpha value is -2.30. The Morgan fingerprint density at radius 2 is 2.19 bits per heavy atom. The molecule has 0 aliphatic carbocycles. The van der Waals surface area contributed by atoms with Crippen molar-refractivity contribution in [3.63, 3.8) is 0 Å². The number of carboxylic acids is 1. The van der Waals surface area contributed by atoms with Crippen LogP contribution < -0.4 is 10.2 Å². The van der Waals surface area contributed by atoms with E-state index in [1.54, 1.807) is 18.2 Å². The summed E-state index contributed by atoms with van der Waals surface area (Å²) in [4.78, 5) is 22.6. The smallest absolute Gasteiger partial charge is 0.342 e. The molecule has 2 aromatic rings. The molecule has 0 aliphatic heterocycles. The molecule has 1 heterocycles. The van der Waals surface area contributed by atoms with Gasteiger partial charge in [0.2, 0.25) is 5.43 Å². The molecule has 1 aromatic carbocycles. The Kier molecular flexibility index (Phi) is 2.36. The standard InChI is InChI=1S/C11H8O5/c1-15-7-3-2-4-8-9(7)10(12)6(5-16-8)11(13)14/h2-5H,1H3,(H,13,14). The van der Waals surface area contributed by atoms with Crippen LogP contribution in [-0.4, -0.2) is 18.2 Å². The Morgan fingerprint density at radius 1 is 1.44 bits per heavy atom. The monoisotopic (exact) mass is 220 g/mol. The fourth-order valence-electron chi connectivity index (χ4n) is 1.46. The maximum absolute atomic E-state index is 11.8. The second kappa shape index (κ2) is 3.69. The summed E-state index contributed by atoms with van der Waals surface area (Å²) in [5.74, 6) is -1.02. The van der Waals surface area contributed by atoms with Gasteiger partial charge in [0, 0.05) is 0 Å². The third-order valence-electron chi connectivity index (χ3n) is 2.21. The van der Waals surface area contributed by atoms with E-state index in [0.717, 1.165) is 6.26 Å². The van der Waals surface area contributed by atoms with Crippen LogP contribution in [0.15, 0.2) is 33.7 Å². The van der Waals surface area contributed by atoms with Gasteiger partial charge in [-0.3, -0.25) is 4.79 Å². The number of fused-ring (bicyclic) bond motifs is 1. The Morgan fingerprint density at radius 3 is 2.81 bits per heavy atom. The maximum atomic E-state index is 11.8. The third kappa shape index (κ3) is 1.42. The number of rotatable bonds is 2. The highest BCUT2D eigenvalue weighted by Gasteiger charge is 2.15. The molecule has 82 valence electrons. The van der Waals surface area contributed by atoms with Crippen molar-refractivity contribution in [2.24, 2.45) is 0 Å². The van der Waals surface area contributed by atoms with Gasteiger partial charge in [-0.05, 0) is 12.1 Å². The number of hydrogen-bond acceptors (Lipinski definition) is 4. The molecule has 5 heteroatoms. The molecule has 1 N–H and O–H groups in total. The van der Waals surface area contributed by atoms with Crippen molar-refractivity contribution in [3.8, 4) is 5.75 Å². The average molecular weight is 220 g/mol. The minimum atomic E-state index is -1.32. The summed E-state index contributed by atoms with van der Waals surface area (Å²) in [5.41, 5.74) is -0.711. The molecule has 2 rings (SSSR count). The first kappa shape index (κ1) is 10.2. The lowest BCUT2D eigenvalue weighted by atomic mass is 10.1. The van der Waals surface area contributed by atoms with Crippen molar-refractivity contribution in [1.29, 1.82) is 0 Å². The topological polar surface area (TPSA) is 76.7 Å². The van der Waals surface area contributed by atoms with Gasteiger partial charge in [0.1, 0.15) is 28.5 Å². The van der Waals surface area contributed by atoms with Gasteiger partial charge in [-0.25, -0.2) is 4.79 Å². The molecule has 0 saturated heterocycles. The number of methoxy groups -OCH3 is 1. The van der Waals surface area contributed by atoms with Gasteiger partial charge in [-0.2, -0.15) is 0 Å². The fourth-order valence-corrected chi connectivity index (χ4v) is 1.46. The van der Waals surface area contributed by atoms with Crippen LogP contribution in [-0.2, 0) is 0 Å². The van der Waals surface area contributed by atoms with E-state index in [2.05, 4.69) is 0 Å². The van der Waals surface area contributed by atoms with Crippen LogP contribution in [0.1, 0.15) is 10.4 Å². The van der Waals surface area contributed by atoms with Gasteiger partial charge in [0.15, 0.2) is 0 Å². The maximum Gasteiger partial charge on any atom is 0.342 e. The van der Waals surface area contributed by atoms with E-state index in [0.29, 0.717) is 11.3 Å². The van der Waals surface area contributed by atoms with E-state index >= 15 is 0 Å². The molecular weight excluding hydrogens is 212 g/mol. The van der Waals surface area contributed by atoms with Gasteiger partial charge in [-0.15, -0.1) is 0 Å². The molecule has 16 heavy (non-hydrogen) atoms. The first-order valence-electron chi connectivity index (χ1n) is 4.47. The van der Waals surface area contributed by atoms with E-state index in [1.165, 1.54) is 7.11 Å². The highest BCUT2D eigenvalue weighted by atomic mass is 16.5. The molecule has 1 aromatic heterocycles. The molecule has 0 fully saturated rings. The zero-order valence-electron chi connectivity index (χ0n) is 8.39. The van der Waals surface area contributed by atoms with Gasteiger partial charge in [-0.1, -0.05) is 6.07 Å². The molecule has 0 amide bonds. The number of carboxylic acid groups (broad SMARTS) is 1.